The number of anilines is 1. The van der Waals surface area contributed by atoms with Gasteiger partial charge in [-0.2, -0.15) is 0 Å². The molecule has 2 aromatic carbocycles. The predicted molar refractivity (Wildman–Crippen MR) is 133 cm³/mol. The van der Waals surface area contributed by atoms with Crippen molar-refractivity contribution in [1.29, 1.82) is 0 Å². The van der Waals surface area contributed by atoms with Gasteiger partial charge in [-0.25, -0.2) is 0 Å². The van der Waals surface area contributed by atoms with Crippen LogP contribution < -0.4 is 4.90 Å². The van der Waals surface area contributed by atoms with Crippen molar-refractivity contribution in [1.82, 2.24) is 0 Å². The number of aromatic hydroxyl groups is 1. The Morgan fingerprint density at radius 2 is 1.72 bits per heavy atom. The third kappa shape index (κ3) is 3.17. The molecule has 0 aromatic heterocycles. The number of rotatable bonds is 2. The van der Waals surface area contributed by atoms with Gasteiger partial charge in [0.05, 0.1) is 17.5 Å². The van der Waals surface area contributed by atoms with E-state index in [4.69, 9.17) is 11.6 Å². The van der Waals surface area contributed by atoms with Gasteiger partial charge in [0.25, 0.3) is 0 Å². The van der Waals surface area contributed by atoms with Gasteiger partial charge in [-0.05, 0) is 61.6 Å². The molecule has 0 radical (unpaired) electrons. The number of hydrogen-bond donors (Lipinski definition) is 1. The number of amides is 2. The fourth-order valence-electron chi connectivity index (χ4n) is 6.30. The van der Waals surface area contributed by atoms with Crippen molar-refractivity contribution in [3.63, 3.8) is 0 Å². The molecule has 180 valence electrons. The van der Waals surface area contributed by atoms with Crippen LogP contribution in [0, 0.1) is 17.8 Å². The lowest BCUT2D eigenvalue weighted by molar-refractivity contribution is -0.123. The van der Waals surface area contributed by atoms with Crippen LogP contribution in [0.15, 0.2) is 83.0 Å². The van der Waals surface area contributed by atoms with Crippen LogP contribution in [0.25, 0.3) is 0 Å². The number of ketones is 2. The first-order valence-corrected chi connectivity index (χ1v) is 12.3. The maximum absolute atomic E-state index is 13.8. The van der Waals surface area contributed by atoms with Crippen LogP contribution in [0.3, 0.4) is 0 Å². The highest BCUT2D eigenvalue weighted by Gasteiger charge is 2.56. The first kappa shape index (κ1) is 22.7. The van der Waals surface area contributed by atoms with Gasteiger partial charge in [-0.3, -0.25) is 24.1 Å². The summed E-state index contributed by atoms with van der Waals surface area (Å²) in [6.45, 7) is 1.62. The van der Waals surface area contributed by atoms with Crippen molar-refractivity contribution in [3.8, 4) is 5.75 Å². The Morgan fingerprint density at radius 1 is 0.972 bits per heavy atom. The van der Waals surface area contributed by atoms with Crippen LogP contribution >= 0.6 is 11.6 Å². The Labute approximate surface area is 212 Å². The molecular weight excluding hydrogens is 478 g/mol. The second-order valence-corrected chi connectivity index (χ2v) is 10.2. The summed E-state index contributed by atoms with van der Waals surface area (Å²) in [5.41, 5.74) is 3.05. The molecule has 4 aliphatic rings. The van der Waals surface area contributed by atoms with Crippen molar-refractivity contribution >= 4 is 40.7 Å². The lowest BCUT2D eigenvalue weighted by Gasteiger charge is -2.42. The highest BCUT2D eigenvalue weighted by atomic mass is 35.5. The second-order valence-electron chi connectivity index (χ2n) is 9.78. The Balaban J connectivity index is 1.51. The summed E-state index contributed by atoms with van der Waals surface area (Å²) in [6, 6.07) is 13.4. The van der Waals surface area contributed by atoms with Crippen LogP contribution in [0.4, 0.5) is 5.69 Å². The van der Waals surface area contributed by atoms with Gasteiger partial charge in [-0.1, -0.05) is 47.5 Å². The number of imide groups is 1. The fraction of sp³-hybridized carbons (Fsp3) is 0.241. The maximum Gasteiger partial charge on any atom is 0.238 e. The Morgan fingerprint density at radius 3 is 2.44 bits per heavy atom. The zero-order chi connectivity index (χ0) is 25.3. The van der Waals surface area contributed by atoms with E-state index in [9.17, 15) is 24.3 Å². The summed E-state index contributed by atoms with van der Waals surface area (Å²) < 4.78 is 0. The number of fused-ring (bicyclic) bond motifs is 3. The first-order valence-electron chi connectivity index (χ1n) is 11.9. The van der Waals surface area contributed by atoms with E-state index in [0.717, 1.165) is 5.57 Å². The third-order valence-electron chi connectivity index (χ3n) is 7.87. The summed E-state index contributed by atoms with van der Waals surface area (Å²) in [5, 5.41) is 10.2. The van der Waals surface area contributed by atoms with Gasteiger partial charge in [-0.15, -0.1) is 0 Å². The van der Waals surface area contributed by atoms with Crippen LogP contribution in [0.2, 0.25) is 5.02 Å². The molecule has 6 rings (SSSR count). The second kappa shape index (κ2) is 8.14. The van der Waals surface area contributed by atoms with Gasteiger partial charge >= 0.3 is 0 Å². The lowest BCUT2D eigenvalue weighted by atomic mass is 9.59. The molecule has 6 nitrogen and oxygen atoms in total. The first-order chi connectivity index (χ1) is 17.3. The van der Waals surface area contributed by atoms with E-state index in [0.29, 0.717) is 34.4 Å². The normalized spacial score (nSPS) is 27.4. The summed E-state index contributed by atoms with van der Waals surface area (Å²) in [4.78, 5) is 55.0. The van der Waals surface area contributed by atoms with E-state index in [2.05, 4.69) is 0 Å². The lowest BCUT2D eigenvalue weighted by Crippen LogP contribution is -2.39. The molecule has 1 N–H and O–H groups in total. The number of halogens is 1. The highest BCUT2D eigenvalue weighted by Crippen LogP contribution is 2.56. The van der Waals surface area contributed by atoms with Gasteiger partial charge < -0.3 is 5.11 Å². The molecule has 1 aliphatic heterocycles. The van der Waals surface area contributed by atoms with E-state index in [-0.39, 0.29) is 40.6 Å². The predicted octanol–water partition coefficient (Wildman–Crippen LogP) is 4.68. The number of phenols is 1. The van der Waals surface area contributed by atoms with Gasteiger partial charge in [0.1, 0.15) is 5.75 Å². The number of carbonyl (C=O) groups excluding carboxylic acids is 4. The average Bonchev–Trinajstić information content (AvgIpc) is 3.12. The maximum atomic E-state index is 13.8. The van der Waals surface area contributed by atoms with Crippen LogP contribution in [-0.4, -0.2) is 28.5 Å². The largest absolute Gasteiger partial charge is 0.508 e. The highest BCUT2D eigenvalue weighted by molar-refractivity contribution is 6.32. The van der Waals surface area contributed by atoms with Crippen LogP contribution in [0.1, 0.15) is 31.2 Å². The van der Waals surface area contributed by atoms with Crippen molar-refractivity contribution in [2.24, 2.45) is 17.8 Å². The van der Waals surface area contributed by atoms with Crippen molar-refractivity contribution in [2.45, 2.75) is 25.7 Å². The molecule has 2 amide bonds. The number of nitrogens with zero attached hydrogens (tertiary/aromatic N) is 1. The summed E-state index contributed by atoms with van der Waals surface area (Å²) in [6.07, 6.45) is 3.87. The number of allylic oxidation sites excluding steroid dienone is 6. The molecule has 7 heteroatoms. The molecule has 4 unspecified atom stereocenters. The van der Waals surface area contributed by atoms with Crippen molar-refractivity contribution < 1.29 is 24.3 Å². The van der Waals surface area contributed by atoms with Crippen LogP contribution in [0.5, 0.6) is 5.75 Å². The minimum atomic E-state index is -0.639. The minimum absolute atomic E-state index is 0.0137. The van der Waals surface area contributed by atoms with E-state index >= 15 is 0 Å². The Kier molecular flexibility index (Phi) is 5.12. The fourth-order valence-corrected chi connectivity index (χ4v) is 6.58. The molecule has 3 aliphatic carbocycles. The molecular formula is C29H22ClNO5. The number of phenolic OH excluding ortho intramolecular Hbond substituents is 1. The van der Waals surface area contributed by atoms with E-state index in [1.54, 1.807) is 37.3 Å². The number of benzene rings is 2. The zero-order valence-corrected chi connectivity index (χ0v) is 20.2. The molecule has 1 heterocycles. The third-order valence-corrected chi connectivity index (χ3v) is 8.20. The summed E-state index contributed by atoms with van der Waals surface area (Å²) >= 11 is 6.56. The van der Waals surface area contributed by atoms with Gasteiger partial charge in [0, 0.05) is 27.7 Å². The molecule has 0 bridgehead atoms. The quantitative estimate of drug-likeness (QED) is 0.368. The summed E-state index contributed by atoms with van der Waals surface area (Å²) in [5.74, 6) is -3.25. The number of Topliss-reactive ketones (excluding diaryl/α,β-unsaturated/α-hetero) is 1. The van der Waals surface area contributed by atoms with E-state index < -0.39 is 23.7 Å². The molecule has 1 saturated heterocycles. The Bertz CT molecular complexity index is 1470. The van der Waals surface area contributed by atoms with E-state index in [1.807, 2.05) is 12.1 Å². The van der Waals surface area contributed by atoms with Crippen molar-refractivity contribution in [2.75, 3.05) is 4.90 Å². The molecule has 4 atom stereocenters. The molecule has 0 saturated carbocycles. The summed E-state index contributed by atoms with van der Waals surface area (Å²) in [7, 11) is 0. The van der Waals surface area contributed by atoms with E-state index in [1.165, 1.54) is 23.1 Å². The van der Waals surface area contributed by atoms with Gasteiger partial charge in [0.2, 0.25) is 11.8 Å². The number of para-hydroxylation sites is 1. The standard InChI is InChI=1S/C29H22ClNO5/c1-14-11-23(33)21-13-20-17(24(26(21)27(14)34)18-8-7-16(32)12-22(18)30)9-10-19-25(20)29(36)31(28(19)35)15-5-3-2-4-6-15/h2-9,11-12,19-20,24-25,32H,10,13H2,1H3. The Hall–Kier alpha value is -3.77. The smallest absolute Gasteiger partial charge is 0.238 e. The minimum Gasteiger partial charge on any atom is -0.508 e. The molecule has 2 aromatic rings. The topological polar surface area (TPSA) is 91.8 Å². The monoisotopic (exact) mass is 499 g/mol. The van der Waals surface area contributed by atoms with Crippen molar-refractivity contribution in [3.05, 3.63) is 93.6 Å². The van der Waals surface area contributed by atoms with Crippen LogP contribution in [-0.2, 0) is 19.2 Å². The zero-order valence-electron chi connectivity index (χ0n) is 19.4. The average molecular weight is 500 g/mol. The molecule has 1 fully saturated rings. The number of hydrogen-bond acceptors (Lipinski definition) is 5. The number of carbonyl (C=O) groups is 4. The van der Waals surface area contributed by atoms with Gasteiger partial charge in [0.15, 0.2) is 11.6 Å². The SMILES string of the molecule is CC1=CC(=O)C2=C(C1=O)C(c1ccc(O)cc1Cl)C1=CCC3C(=O)N(c4ccccc4)C(=O)C3C1C2. The molecule has 0 spiro atoms. The molecule has 36 heavy (non-hydrogen) atoms.